The second-order valence-electron chi connectivity index (χ2n) is 4.63. The maximum absolute atomic E-state index is 5.94. The van der Waals surface area contributed by atoms with Crippen molar-refractivity contribution in [2.45, 2.75) is 19.9 Å². The molecule has 3 aromatic rings. The summed E-state index contributed by atoms with van der Waals surface area (Å²) >= 11 is 0. The first-order valence-corrected chi connectivity index (χ1v) is 5.94. The SMILES string of the molecule is CC(C)Nc1nc2ccccc2c2c1ncn2N. The summed E-state index contributed by atoms with van der Waals surface area (Å²) in [6.07, 6.45) is 1.62. The predicted molar refractivity (Wildman–Crippen MR) is 73.9 cm³/mol. The highest BCUT2D eigenvalue weighted by atomic mass is 15.3. The number of nitrogens with one attached hydrogen (secondary N) is 1. The fraction of sp³-hybridized carbons (Fsp3) is 0.231. The van der Waals surface area contributed by atoms with Crippen LogP contribution >= 0.6 is 0 Å². The largest absolute Gasteiger partial charge is 0.366 e. The van der Waals surface area contributed by atoms with Crippen LogP contribution in [0.25, 0.3) is 21.9 Å². The second-order valence-corrected chi connectivity index (χ2v) is 4.63. The van der Waals surface area contributed by atoms with Crippen LogP contribution in [-0.2, 0) is 0 Å². The van der Waals surface area contributed by atoms with E-state index in [1.165, 1.54) is 0 Å². The average molecular weight is 241 g/mol. The number of imidazole rings is 1. The Labute approximate surface area is 105 Å². The number of pyridine rings is 1. The van der Waals surface area contributed by atoms with E-state index in [-0.39, 0.29) is 0 Å². The number of fused-ring (bicyclic) bond motifs is 3. The van der Waals surface area contributed by atoms with Crippen molar-refractivity contribution in [3.63, 3.8) is 0 Å². The molecule has 2 aromatic heterocycles. The molecule has 0 unspecified atom stereocenters. The molecule has 5 nitrogen and oxygen atoms in total. The van der Waals surface area contributed by atoms with Gasteiger partial charge in [0.15, 0.2) is 5.82 Å². The normalized spacial score (nSPS) is 11.5. The minimum absolute atomic E-state index is 0.296. The molecule has 1 aromatic carbocycles. The number of benzene rings is 1. The van der Waals surface area contributed by atoms with Gasteiger partial charge in [-0.3, -0.25) is 0 Å². The molecule has 0 bridgehead atoms. The first-order valence-electron chi connectivity index (χ1n) is 5.94. The van der Waals surface area contributed by atoms with Gasteiger partial charge in [0.05, 0.1) is 5.52 Å². The van der Waals surface area contributed by atoms with Crippen LogP contribution in [0.2, 0.25) is 0 Å². The zero-order valence-corrected chi connectivity index (χ0v) is 10.4. The topological polar surface area (TPSA) is 68.8 Å². The van der Waals surface area contributed by atoms with Gasteiger partial charge in [-0.1, -0.05) is 18.2 Å². The molecule has 2 heterocycles. The van der Waals surface area contributed by atoms with E-state index in [1.807, 2.05) is 24.3 Å². The Hall–Kier alpha value is -2.30. The fourth-order valence-corrected chi connectivity index (χ4v) is 2.12. The van der Waals surface area contributed by atoms with E-state index < -0.39 is 0 Å². The molecule has 0 atom stereocenters. The van der Waals surface area contributed by atoms with Gasteiger partial charge in [-0.05, 0) is 19.9 Å². The lowest BCUT2D eigenvalue weighted by molar-refractivity contribution is 0.893. The molecule has 3 N–H and O–H groups in total. The minimum atomic E-state index is 0.296. The van der Waals surface area contributed by atoms with Gasteiger partial charge in [-0.15, -0.1) is 0 Å². The number of nitrogens with zero attached hydrogens (tertiary/aromatic N) is 3. The van der Waals surface area contributed by atoms with Crippen molar-refractivity contribution in [3.05, 3.63) is 30.6 Å². The van der Waals surface area contributed by atoms with Gasteiger partial charge < -0.3 is 11.2 Å². The van der Waals surface area contributed by atoms with Crippen LogP contribution in [-0.4, -0.2) is 20.7 Å². The van der Waals surface area contributed by atoms with Crippen molar-refractivity contribution in [1.82, 2.24) is 14.6 Å². The summed E-state index contributed by atoms with van der Waals surface area (Å²) in [6, 6.07) is 8.23. The Morgan fingerprint density at radius 3 is 2.83 bits per heavy atom. The van der Waals surface area contributed by atoms with Crippen LogP contribution in [0.4, 0.5) is 5.82 Å². The molecular weight excluding hydrogens is 226 g/mol. The van der Waals surface area contributed by atoms with Crippen molar-refractivity contribution in [2.75, 3.05) is 11.2 Å². The number of hydrogen-bond acceptors (Lipinski definition) is 4. The Kier molecular flexibility index (Phi) is 2.33. The van der Waals surface area contributed by atoms with Crippen LogP contribution in [0.5, 0.6) is 0 Å². The van der Waals surface area contributed by atoms with Gasteiger partial charge in [0, 0.05) is 11.4 Å². The predicted octanol–water partition coefficient (Wildman–Crippen LogP) is 2.12. The molecule has 0 fully saturated rings. The van der Waals surface area contributed by atoms with Gasteiger partial charge in [0.25, 0.3) is 0 Å². The van der Waals surface area contributed by atoms with Gasteiger partial charge >= 0.3 is 0 Å². The fourth-order valence-electron chi connectivity index (χ4n) is 2.12. The minimum Gasteiger partial charge on any atom is -0.366 e. The number of anilines is 1. The standard InChI is InChI=1S/C13H15N5/c1-8(2)16-13-11-12(18(14)7-15-11)9-5-3-4-6-10(9)17-13/h3-8H,14H2,1-2H3,(H,16,17). The van der Waals surface area contributed by atoms with E-state index in [9.17, 15) is 0 Å². The average Bonchev–Trinajstić information content (AvgIpc) is 2.72. The highest BCUT2D eigenvalue weighted by molar-refractivity contribution is 6.06. The summed E-state index contributed by atoms with van der Waals surface area (Å²) in [5.41, 5.74) is 2.63. The summed E-state index contributed by atoms with van der Waals surface area (Å²) in [4.78, 5) is 8.95. The number of hydrogen-bond donors (Lipinski definition) is 2. The highest BCUT2D eigenvalue weighted by Gasteiger charge is 2.13. The molecule has 0 spiro atoms. The lowest BCUT2D eigenvalue weighted by Gasteiger charge is -2.11. The molecule has 18 heavy (non-hydrogen) atoms. The molecule has 0 saturated heterocycles. The molecule has 0 aliphatic carbocycles. The molecule has 5 heteroatoms. The Morgan fingerprint density at radius 1 is 1.28 bits per heavy atom. The summed E-state index contributed by atoms with van der Waals surface area (Å²) in [7, 11) is 0. The second kappa shape index (κ2) is 3.87. The van der Waals surface area contributed by atoms with Crippen molar-refractivity contribution in [2.24, 2.45) is 0 Å². The van der Waals surface area contributed by atoms with Gasteiger partial charge in [0.1, 0.15) is 17.4 Å². The summed E-state index contributed by atoms with van der Waals surface area (Å²) < 4.78 is 1.55. The van der Waals surface area contributed by atoms with E-state index >= 15 is 0 Å². The molecule has 92 valence electrons. The molecule has 0 radical (unpaired) electrons. The first-order chi connectivity index (χ1) is 8.66. The van der Waals surface area contributed by atoms with Crippen LogP contribution in [0.3, 0.4) is 0 Å². The van der Waals surface area contributed by atoms with E-state index in [2.05, 4.69) is 29.1 Å². The monoisotopic (exact) mass is 241 g/mol. The van der Waals surface area contributed by atoms with Crippen LogP contribution in [0.1, 0.15) is 13.8 Å². The molecule has 0 saturated carbocycles. The van der Waals surface area contributed by atoms with Crippen LogP contribution in [0.15, 0.2) is 30.6 Å². The molecule has 0 amide bonds. The number of nitrogen functional groups attached to an aromatic ring is 1. The number of rotatable bonds is 2. The lowest BCUT2D eigenvalue weighted by Crippen LogP contribution is -2.12. The summed E-state index contributed by atoms with van der Waals surface area (Å²) in [5, 5.41) is 4.33. The summed E-state index contributed by atoms with van der Waals surface area (Å²) in [6.45, 7) is 4.14. The quantitative estimate of drug-likeness (QED) is 0.674. The molecule has 0 aliphatic heterocycles. The van der Waals surface area contributed by atoms with Crippen molar-refractivity contribution < 1.29 is 0 Å². The number of para-hydroxylation sites is 1. The molecule has 0 aliphatic rings. The van der Waals surface area contributed by atoms with Crippen LogP contribution in [0, 0.1) is 0 Å². The maximum atomic E-state index is 5.94. The Balaban J connectivity index is 2.41. The number of aromatic nitrogens is 3. The van der Waals surface area contributed by atoms with Gasteiger partial charge in [-0.2, -0.15) is 0 Å². The third kappa shape index (κ3) is 1.55. The van der Waals surface area contributed by atoms with Gasteiger partial charge in [0.2, 0.25) is 0 Å². The highest BCUT2D eigenvalue weighted by Crippen LogP contribution is 2.27. The summed E-state index contributed by atoms with van der Waals surface area (Å²) in [5.74, 6) is 6.72. The third-order valence-electron chi connectivity index (χ3n) is 2.83. The molecule has 3 rings (SSSR count). The van der Waals surface area contributed by atoms with Crippen molar-refractivity contribution >= 4 is 27.8 Å². The van der Waals surface area contributed by atoms with E-state index in [0.29, 0.717) is 6.04 Å². The zero-order valence-electron chi connectivity index (χ0n) is 10.4. The first kappa shape index (κ1) is 10.8. The smallest absolute Gasteiger partial charge is 0.155 e. The van der Waals surface area contributed by atoms with E-state index in [1.54, 1.807) is 11.0 Å². The van der Waals surface area contributed by atoms with Crippen LogP contribution < -0.4 is 11.2 Å². The lowest BCUT2D eigenvalue weighted by atomic mass is 10.2. The van der Waals surface area contributed by atoms with E-state index in [0.717, 1.165) is 27.8 Å². The zero-order chi connectivity index (χ0) is 12.7. The molecular formula is C13H15N5. The third-order valence-corrected chi connectivity index (χ3v) is 2.83. The Bertz CT molecular complexity index is 714. The van der Waals surface area contributed by atoms with Crippen molar-refractivity contribution in [1.29, 1.82) is 0 Å². The Morgan fingerprint density at radius 2 is 2.06 bits per heavy atom. The van der Waals surface area contributed by atoms with Crippen molar-refractivity contribution in [3.8, 4) is 0 Å². The maximum Gasteiger partial charge on any atom is 0.155 e. The van der Waals surface area contributed by atoms with E-state index in [4.69, 9.17) is 5.84 Å². The van der Waals surface area contributed by atoms with Gasteiger partial charge in [-0.25, -0.2) is 14.6 Å². The number of nitrogens with two attached hydrogens (primary N) is 1.